The molecule has 3 aromatic rings. The van der Waals surface area contributed by atoms with E-state index in [1.807, 2.05) is 18.3 Å². The maximum atomic E-state index is 13.5. The monoisotopic (exact) mass is 460 g/mol. The van der Waals surface area contributed by atoms with Crippen molar-refractivity contribution >= 4 is 39.7 Å². The number of ether oxygens (including phenoxy) is 1. The molecule has 0 saturated carbocycles. The summed E-state index contributed by atoms with van der Waals surface area (Å²) in [5.41, 5.74) is 5.99. The number of nitrogens with zero attached hydrogens (tertiary/aromatic N) is 2. The van der Waals surface area contributed by atoms with Gasteiger partial charge in [-0.1, -0.05) is 0 Å². The molecule has 2 aromatic carbocycles. The molecule has 0 bridgehead atoms. The predicted molar refractivity (Wildman–Crippen MR) is 110 cm³/mol. The fourth-order valence-electron chi connectivity index (χ4n) is 4.08. The van der Waals surface area contributed by atoms with E-state index in [0.717, 1.165) is 38.3 Å². The Bertz CT molecular complexity index is 1020. The van der Waals surface area contributed by atoms with Gasteiger partial charge in [-0.2, -0.15) is 0 Å². The first-order chi connectivity index (χ1) is 12.7. The summed E-state index contributed by atoms with van der Waals surface area (Å²) in [6.45, 7) is 2.36. The van der Waals surface area contributed by atoms with E-state index in [-0.39, 0.29) is 5.82 Å². The number of aliphatic imine (C=N–C) groups is 1. The lowest BCUT2D eigenvalue weighted by Crippen LogP contribution is -2.17. The highest BCUT2D eigenvalue weighted by Crippen LogP contribution is 2.40. The summed E-state index contributed by atoms with van der Waals surface area (Å²) in [4.78, 5) is 4.41. The second kappa shape index (κ2) is 6.46. The van der Waals surface area contributed by atoms with E-state index in [0.29, 0.717) is 5.92 Å². The standard InChI is InChI=1S/C21H18FIN2O/c22-16-1-3-17(4-2-16)25-19-10-15-12-24-11-14(15)9-18(19)20(23)21(25)13-5-7-26-8-6-13/h1-4,9-10,12-13H,5-8,11H2. The smallest absolute Gasteiger partial charge is 0.123 e. The number of aromatic nitrogens is 1. The molecular weight excluding hydrogens is 442 g/mol. The fraction of sp³-hybridized carbons (Fsp3) is 0.286. The average molecular weight is 460 g/mol. The maximum absolute atomic E-state index is 13.5. The minimum atomic E-state index is -0.208. The van der Waals surface area contributed by atoms with Gasteiger partial charge in [-0.25, -0.2) is 4.39 Å². The molecule has 5 heteroatoms. The largest absolute Gasteiger partial charge is 0.381 e. The normalized spacial score (nSPS) is 17.2. The van der Waals surface area contributed by atoms with Gasteiger partial charge in [0.15, 0.2) is 0 Å². The maximum Gasteiger partial charge on any atom is 0.123 e. The molecule has 0 unspecified atom stereocenters. The Morgan fingerprint density at radius 2 is 1.88 bits per heavy atom. The van der Waals surface area contributed by atoms with Crippen molar-refractivity contribution in [2.24, 2.45) is 4.99 Å². The van der Waals surface area contributed by atoms with Crippen LogP contribution in [0.3, 0.4) is 0 Å². The van der Waals surface area contributed by atoms with Gasteiger partial charge in [-0.05, 0) is 83.0 Å². The molecule has 3 nitrogen and oxygen atoms in total. The Morgan fingerprint density at radius 1 is 1.12 bits per heavy atom. The molecule has 0 N–H and O–H groups in total. The Kier molecular flexibility index (Phi) is 4.09. The highest BCUT2D eigenvalue weighted by molar-refractivity contribution is 14.1. The third-order valence-corrected chi connectivity index (χ3v) is 6.52. The molecule has 2 aliphatic heterocycles. The number of hydrogen-bond acceptors (Lipinski definition) is 2. The van der Waals surface area contributed by atoms with E-state index in [1.54, 1.807) is 0 Å². The zero-order valence-electron chi connectivity index (χ0n) is 14.2. The first kappa shape index (κ1) is 16.4. The van der Waals surface area contributed by atoms with Gasteiger partial charge in [0.25, 0.3) is 0 Å². The van der Waals surface area contributed by atoms with E-state index in [1.165, 1.54) is 43.4 Å². The van der Waals surface area contributed by atoms with Crippen molar-refractivity contribution in [3.63, 3.8) is 0 Å². The van der Waals surface area contributed by atoms with Crippen LogP contribution in [0.4, 0.5) is 4.39 Å². The molecule has 0 atom stereocenters. The quantitative estimate of drug-likeness (QED) is 0.483. The van der Waals surface area contributed by atoms with Crippen LogP contribution >= 0.6 is 22.6 Å². The number of hydrogen-bond donors (Lipinski definition) is 0. The first-order valence-corrected chi connectivity index (χ1v) is 10.0. The molecule has 2 aliphatic rings. The number of rotatable bonds is 2. The van der Waals surface area contributed by atoms with Crippen molar-refractivity contribution in [3.05, 3.63) is 62.6 Å². The third-order valence-electron chi connectivity index (χ3n) is 5.39. The van der Waals surface area contributed by atoms with Crippen molar-refractivity contribution < 1.29 is 9.13 Å². The summed E-state index contributed by atoms with van der Waals surface area (Å²) in [6, 6.07) is 11.3. The number of fused-ring (bicyclic) bond motifs is 2. The molecule has 26 heavy (non-hydrogen) atoms. The van der Waals surface area contributed by atoms with Gasteiger partial charge in [-0.3, -0.25) is 4.99 Å². The van der Waals surface area contributed by atoms with Gasteiger partial charge < -0.3 is 9.30 Å². The van der Waals surface area contributed by atoms with Crippen LogP contribution in [0, 0.1) is 9.39 Å². The Hall–Kier alpha value is -1.73. The fourth-order valence-corrected chi connectivity index (χ4v) is 5.19. The lowest BCUT2D eigenvalue weighted by atomic mass is 9.96. The second-order valence-electron chi connectivity index (χ2n) is 6.94. The van der Waals surface area contributed by atoms with Gasteiger partial charge in [0.2, 0.25) is 0 Å². The highest BCUT2D eigenvalue weighted by Gasteiger charge is 2.27. The van der Waals surface area contributed by atoms with Crippen LogP contribution in [-0.4, -0.2) is 24.0 Å². The van der Waals surface area contributed by atoms with Gasteiger partial charge in [-0.15, -0.1) is 0 Å². The van der Waals surface area contributed by atoms with Crippen molar-refractivity contribution in [1.29, 1.82) is 0 Å². The molecular formula is C21H18FIN2O. The highest BCUT2D eigenvalue weighted by atomic mass is 127. The number of benzene rings is 2. The van der Waals surface area contributed by atoms with E-state index in [9.17, 15) is 4.39 Å². The lowest BCUT2D eigenvalue weighted by molar-refractivity contribution is 0.0841. The minimum absolute atomic E-state index is 0.208. The summed E-state index contributed by atoms with van der Waals surface area (Å²) in [5, 5.41) is 1.26. The van der Waals surface area contributed by atoms with Crippen LogP contribution in [0.2, 0.25) is 0 Å². The summed E-state index contributed by atoms with van der Waals surface area (Å²) < 4.78 is 22.7. The van der Waals surface area contributed by atoms with Crippen LogP contribution in [-0.2, 0) is 11.3 Å². The molecule has 1 saturated heterocycles. The van der Waals surface area contributed by atoms with Crippen LogP contribution in [0.15, 0.2) is 41.4 Å². The molecule has 132 valence electrons. The number of halogens is 2. The summed E-state index contributed by atoms with van der Waals surface area (Å²) in [7, 11) is 0. The van der Waals surface area contributed by atoms with Crippen LogP contribution in [0.5, 0.6) is 0 Å². The zero-order valence-corrected chi connectivity index (χ0v) is 16.4. The van der Waals surface area contributed by atoms with Gasteiger partial charge in [0.1, 0.15) is 5.82 Å². The molecule has 3 heterocycles. The average Bonchev–Trinajstić information content (AvgIpc) is 3.24. The van der Waals surface area contributed by atoms with Gasteiger partial charge >= 0.3 is 0 Å². The van der Waals surface area contributed by atoms with Crippen LogP contribution < -0.4 is 0 Å². The molecule has 5 rings (SSSR count). The van der Waals surface area contributed by atoms with Crippen molar-refractivity contribution in [3.8, 4) is 5.69 Å². The van der Waals surface area contributed by atoms with Gasteiger partial charge in [0, 0.05) is 45.7 Å². The van der Waals surface area contributed by atoms with Crippen LogP contribution in [0.1, 0.15) is 35.6 Å². The Labute approximate surface area is 165 Å². The van der Waals surface area contributed by atoms with E-state index in [4.69, 9.17) is 4.74 Å². The topological polar surface area (TPSA) is 26.5 Å². The first-order valence-electron chi connectivity index (χ1n) is 8.92. The Balaban J connectivity index is 1.80. The molecule has 0 spiro atoms. The molecule has 0 aliphatic carbocycles. The zero-order chi connectivity index (χ0) is 17.7. The van der Waals surface area contributed by atoms with E-state index >= 15 is 0 Å². The van der Waals surface area contributed by atoms with Crippen LogP contribution in [0.25, 0.3) is 16.6 Å². The molecule has 0 radical (unpaired) electrons. The van der Waals surface area contributed by atoms with E-state index in [2.05, 4.69) is 44.3 Å². The summed E-state index contributed by atoms with van der Waals surface area (Å²) in [6.07, 6.45) is 4.00. The summed E-state index contributed by atoms with van der Waals surface area (Å²) in [5.74, 6) is 0.247. The predicted octanol–water partition coefficient (Wildman–Crippen LogP) is 5.20. The SMILES string of the molecule is Fc1ccc(-n2c(C3CCOCC3)c(I)c3cc4c(cc32)C=NC4)cc1. The Morgan fingerprint density at radius 3 is 2.65 bits per heavy atom. The van der Waals surface area contributed by atoms with Crippen molar-refractivity contribution in [2.75, 3.05) is 13.2 Å². The second-order valence-corrected chi connectivity index (χ2v) is 8.01. The minimum Gasteiger partial charge on any atom is -0.381 e. The van der Waals surface area contributed by atoms with Crippen molar-refractivity contribution in [1.82, 2.24) is 4.57 Å². The molecule has 0 amide bonds. The van der Waals surface area contributed by atoms with E-state index < -0.39 is 0 Å². The molecule has 1 fully saturated rings. The van der Waals surface area contributed by atoms with Crippen molar-refractivity contribution in [2.45, 2.75) is 25.3 Å². The van der Waals surface area contributed by atoms with Gasteiger partial charge in [0.05, 0.1) is 12.1 Å². The lowest BCUT2D eigenvalue weighted by Gasteiger charge is -2.24. The summed E-state index contributed by atoms with van der Waals surface area (Å²) >= 11 is 2.48. The third kappa shape index (κ3) is 2.60. The molecule has 1 aromatic heterocycles.